The molecule has 1 saturated heterocycles. The Morgan fingerprint density at radius 3 is 3.06 bits per heavy atom. The molecule has 0 radical (unpaired) electrons. The molecule has 0 aromatic carbocycles. The van der Waals surface area contributed by atoms with Crippen molar-refractivity contribution in [3.8, 4) is 0 Å². The fourth-order valence-corrected chi connectivity index (χ4v) is 2.21. The van der Waals surface area contributed by atoms with Gasteiger partial charge in [0.15, 0.2) is 0 Å². The number of hydrogen-bond acceptors (Lipinski definition) is 4. The number of aromatic nitrogens is 3. The highest BCUT2D eigenvalue weighted by Gasteiger charge is 2.25. The summed E-state index contributed by atoms with van der Waals surface area (Å²) in [5.74, 6) is 0.562. The van der Waals surface area contributed by atoms with Crippen LogP contribution in [0, 0.1) is 5.92 Å². The number of amides is 1. The third-order valence-corrected chi connectivity index (χ3v) is 3.39. The fourth-order valence-electron chi connectivity index (χ4n) is 2.21. The van der Waals surface area contributed by atoms with E-state index in [1.54, 1.807) is 11.0 Å². The van der Waals surface area contributed by atoms with E-state index in [0.29, 0.717) is 12.5 Å². The summed E-state index contributed by atoms with van der Waals surface area (Å²) >= 11 is 0. The normalized spacial score (nSPS) is 20.9. The standard InChI is InChI=1S/C12H20N4O2/c1-3-15(6-11-4-5-18-7-11)12(17)10(2)16-9-13-8-14-16/h8-11H,3-7H2,1-2H3/t10-,11-/m1/s1. The van der Waals surface area contributed by atoms with Crippen molar-refractivity contribution < 1.29 is 9.53 Å². The van der Waals surface area contributed by atoms with Crippen LogP contribution in [0.25, 0.3) is 0 Å². The van der Waals surface area contributed by atoms with E-state index in [-0.39, 0.29) is 11.9 Å². The van der Waals surface area contributed by atoms with E-state index in [2.05, 4.69) is 10.1 Å². The third kappa shape index (κ3) is 2.87. The van der Waals surface area contributed by atoms with Gasteiger partial charge in [-0.3, -0.25) is 4.79 Å². The number of ether oxygens (including phenoxy) is 1. The van der Waals surface area contributed by atoms with Gasteiger partial charge >= 0.3 is 0 Å². The van der Waals surface area contributed by atoms with Crippen LogP contribution in [0.3, 0.4) is 0 Å². The van der Waals surface area contributed by atoms with Crippen LogP contribution in [-0.2, 0) is 9.53 Å². The average molecular weight is 252 g/mol. The highest BCUT2D eigenvalue weighted by Crippen LogP contribution is 2.16. The average Bonchev–Trinajstić information content (AvgIpc) is 3.06. The van der Waals surface area contributed by atoms with Crippen LogP contribution in [-0.4, -0.2) is 51.9 Å². The number of carbonyl (C=O) groups excluding carboxylic acids is 1. The Labute approximate surface area is 107 Å². The van der Waals surface area contributed by atoms with Crippen molar-refractivity contribution in [3.63, 3.8) is 0 Å². The molecule has 2 heterocycles. The van der Waals surface area contributed by atoms with Gasteiger partial charge in [-0.1, -0.05) is 0 Å². The summed E-state index contributed by atoms with van der Waals surface area (Å²) in [6.07, 6.45) is 4.07. The molecule has 1 fully saturated rings. The van der Waals surface area contributed by atoms with Crippen LogP contribution < -0.4 is 0 Å². The van der Waals surface area contributed by atoms with Crippen molar-refractivity contribution in [2.45, 2.75) is 26.3 Å². The zero-order valence-corrected chi connectivity index (χ0v) is 11.0. The molecule has 1 aliphatic rings. The lowest BCUT2D eigenvalue weighted by atomic mass is 10.1. The van der Waals surface area contributed by atoms with E-state index in [9.17, 15) is 4.79 Å². The summed E-state index contributed by atoms with van der Waals surface area (Å²) in [6, 6.07) is -0.297. The maximum atomic E-state index is 12.4. The molecule has 0 N–H and O–H groups in total. The second kappa shape index (κ2) is 5.95. The van der Waals surface area contributed by atoms with Crippen molar-refractivity contribution in [1.29, 1.82) is 0 Å². The van der Waals surface area contributed by atoms with Gasteiger partial charge in [-0.25, -0.2) is 9.67 Å². The minimum Gasteiger partial charge on any atom is -0.381 e. The van der Waals surface area contributed by atoms with E-state index in [1.807, 2.05) is 18.7 Å². The summed E-state index contributed by atoms with van der Waals surface area (Å²) < 4.78 is 6.94. The summed E-state index contributed by atoms with van der Waals surface area (Å²) in [7, 11) is 0. The van der Waals surface area contributed by atoms with E-state index in [0.717, 1.165) is 26.2 Å². The molecule has 6 nitrogen and oxygen atoms in total. The van der Waals surface area contributed by atoms with Gasteiger partial charge in [0.25, 0.3) is 0 Å². The molecule has 2 rings (SSSR count). The van der Waals surface area contributed by atoms with Gasteiger partial charge in [0.05, 0.1) is 6.61 Å². The monoisotopic (exact) mass is 252 g/mol. The molecular formula is C12H20N4O2. The quantitative estimate of drug-likeness (QED) is 0.775. The van der Waals surface area contributed by atoms with Crippen LogP contribution in [0.4, 0.5) is 0 Å². The maximum absolute atomic E-state index is 12.4. The molecule has 6 heteroatoms. The SMILES string of the molecule is CCN(C[C@H]1CCOC1)C(=O)[C@@H](C)n1cncn1. The van der Waals surface area contributed by atoms with Crippen LogP contribution in [0.5, 0.6) is 0 Å². The highest BCUT2D eigenvalue weighted by molar-refractivity contribution is 5.79. The van der Waals surface area contributed by atoms with Gasteiger partial charge in [0.1, 0.15) is 18.7 Å². The number of likely N-dealkylation sites (N-methyl/N-ethyl adjacent to an activating group) is 1. The summed E-state index contributed by atoms with van der Waals surface area (Å²) in [4.78, 5) is 18.1. The topological polar surface area (TPSA) is 60.2 Å². The second-order valence-electron chi connectivity index (χ2n) is 4.66. The molecule has 0 aliphatic carbocycles. The minimum atomic E-state index is -0.297. The van der Waals surface area contributed by atoms with Crippen molar-refractivity contribution in [1.82, 2.24) is 19.7 Å². The van der Waals surface area contributed by atoms with Crippen molar-refractivity contribution in [3.05, 3.63) is 12.7 Å². The first-order chi connectivity index (χ1) is 8.72. The molecule has 100 valence electrons. The molecule has 0 saturated carbocycles. The van der Waals surface area contributed by atoms with Gasteiger partial charge in [-0.2, -0.15) is 5.10 Å². The molecule has 0 unspecified atom stereocenters. The van der Waals surface area contributed by atoms with Crippen LogP contribution in [0.1, 0.15) is 26.3 Å². The van der Waals surface area contributed by atoms with E-state index in [4.69, 9.17) is 4.74 Å². The molecule has 2 atom stereocenters. The molecule has 18 heavy (non-hydrogen) atoms. The number of carbonyl (C=O) groups is 1. The summed E-state index contributed by atoms with van der Waals surface area (Å²) in [5, 5.41) is 4.02. The predicted octanol–water partition coefficient (Wildman–Crippen LogP) is 0.724. The maximum Gasteiger partial charge on any atom is 0.247 e. The smallest absolute Gasteiger partial charge is 0.247 e. The number of hydrogen-bond donors (Lipinski definition) is 0. The number of nitrogens with zero attached hydrogens (tertiary/aromatic N) is 4. The summed E-state index contributed by atoms with van der Waals surface area (Å²) in [5.41, 5.74) is 0. The van der Waals surface area contributed by atoms with Gasteiger partial charge < -0.3 is 9.64 Å². The van der Waals surface area contributed by atoms with Crippen molar-refractivity contribution in [2.75, 3.05) is 26.3 Å². The van der Waals surface area contributed by atoms with Crippen LogP contribution in [0.2, 0.25) is 0 Å². The van der Waals surface area contributed by atoms with Gasteiger partial charge in [0, 0.05) is 25.6 Å². The molecule has 1 amide bonds. The zero-order valence-electron chi connectivity index (χ0n) is 11.0. The van der Waals surface area contributed by atoms with Crippen LogP contribution in [0.15, 0.2) is 12.7 Å². The Hall–Kier alpha value is -1.43. The largest absolute Gasteiger partial charge is 0.381 e. The molecule has 0 spiro atoms. The van der Waals surface area contributed by atoms with Crippen LogP contribution >= 0.6 is 0 Å². The summed E-state index contributed by atoms with van der Waals surface area (Å²) in [6.45, 7) is 6.92. The minimum absolute atomic E-state index is 0.0925. The first-order valence-electron chi connectivity index (χ1n) is 6.43. The lowest BCUT2D eigenvalue weighted by molar-refractivity contribution is -0.135. The van der Waals surface area contributed by atoms with Gasteiger partial charge in [-0.15, -0.1) is 0 Å². The van der Waals surface area contributed by atoms with Gasteiger partial charge in [0.2, 0.25) is 5.91 Å². The lowest BCUT2D eigenvalue weighted by Crippen LogP contribution is -2.39. The van der Waals surface area contributed by atoms with E-state index < -0.39 is 0 Å². The Morgan fingerprint density at radius 1 is 1.67 bits per heavy atom. The predicted molar refractivity (Wildman–Crippen MR) is 65.9 cm³/mol. The lowest BCUT2D eigenvalue weighted by Gasteiger charge is -2.26. The molecule has 0 bridgehead atoms. The molecular weight excluding hydrogens is 232 g/mol. The van der Waals surface area contributed by atoms with Gasteiger partial charge in [-0.05, 0) is 20.3 Å². The van der Waals surface area contributed by atoms with Crippen molar-refractivity contribution >= 4 is 5.91 Å². The fraction of sp³-hybridized carbons (Fsp3) is 0.750. The third-order valence-electron chi connectivity index (χ3n) is 3.39. The molecule has 1 aromatic heterocycles. The highest BCUT2D eigenvalue weighted by atomic mass is 16.5. The Kier molecular flexibility index (Phi) is 4.30. The first kappa shape index (κ1) is 13.0. The number of rotatable bonds is 5. The van der Waals surface area contributed by atoms with E-state index >= 15 is 0 Å². The Bertz CT molecular complexity index is 373. The Balaban J connectivity index is 1.96. The molecule has 1 aliphatic heterocycles. The second-order valence-corrected chi connectivity index (χ2v) is 4.66. The van der Waals surface area contributed by atoms with E-state index in [1.165, 1.54) is 6.33 Å². The zero-order chi connectivity index (χ0) is 13.0. The first-order valence-corrected chi connectivity index (χ1v) is 6.43. The van der Waals surface area contributed by atoms with Crippen molar-refractivity contribution in [2.24, 2.45) is 5.92 Å². The Morgan fingerprint density at radius 2 is 2.50 bits per heavy atom. The molecule has 1 aromatic rings.